The van der Waals surface area contributed by atoms with E-state index in [9.17, 15) is 4.79 Å². The minimum Gasteiger partial charge on any atom is -0.481 e. The summed E-state index contributed by atoms with van der Waals surface area (Å²) in [5, 5.41) is 14.3. The fraction of sp³-hybridized carbons (Fsp3) is 0.333. The number of rotatable bonds is 6. The van der Waals surface area contributed by atoms with Crippen LogP contribution in [0.25, 0.3) is 5.69 Å². The van der Waals surface area contributed by atoms with Gasteiger partial charge in [-0.1, -0.05) is 43.3 Å². The van der Waals surface area contributed by atoms with Crippen molar-refractivity contribution in [2.75, 3.05) is 5.75 Å². The van der Waals surface area contributed by atoms with Crippen LogP contribution in [0, 0.1) is 6.92 Å². The molecule has 0 aliphatic carbocycles. The van der Waals surface area contributed by atoms with Crippen molar-refractivity contribution >= 4 is 17.7 Å². The van der Waals surface area contributed by atoms with Crippen molar-refractivity contribution < 1.29 is 9.90 Å². The largest absolute Gasteiger partial charge is 0.481 e. The Kier molecular flexibility index (Phi) is 4.84. The van der Waals surface area contributed by atoms with Gasteiger partial charge in [0.15, 0.2) is 0 Å². The topological polar surface area (TPSA) is 55.1 Å². The summed E-state index contributed by atoms with van der Waals surface area (Å²) >= 11 is 1.31. The molecule has 1 aromatic heterocycles. The Bertz CT molecular complexity index is 608. The second kappa shape index (κ2) is 6.61. The standard InChI is InChI=1S/C15H18N2O2S/c1-3-6-12-9-14(20-10-15(18)19)17(16-12)13-8-5-4-7-11(13)2/h4-5,7-9H,3,6,10H2,1-2H3,(H,18,19). The van der Waals surface area contributed by atoms with Gasteiger partial charge in [0.1, 0.15) is 5.03 Å². The molecule has 0 aliphatic rings. The number of nitrogens with zero attached hydrogens (tertiary/aromatic N) is 2. The molecular weight excluding hydrogens is 272 g/mol. The van der Waals surface area contributed by atoms with Crippen LogP contribution in [0.4, 0.5) is 0 Å². The van der Waals surface area contributed by atoms with Gasteiger partial charge in [-0.3, -0.25) is 4.79 Å². The van der Waals surface area contributed by atoms with Crippen LogP contribution < -0.4 is 0 Å². The van der Waals surface area contributed by atoms with Gasteiger partial charge in [0, 0.05) is 0 Å². The highest BCUT2D eigenvalue weighted by atomic mass is 32.2. The maximum Gasteiger partial charge on any atom is 0.313 e. The van der Waals surface area contributed by atoms with Crippen LogP contribution in [0.5, 0.6) is 0 Å². The van der Waals surface area contributed by atoms with Crippen molar-refractivity contribution in [3.05, 3.63) is 41.6 Å². The lowest BCUT2D eigenvalue weighted by atomic mass is 10.2. The molecule has 4 nitrogen and oxygen atoms in total. The van der Waals surface area contributed by atoms with E-state index in [0.717, 1.165) is 34.8 Å². The zero-order valence-electron chi connectivity index (χ0n) is 11.7. The molecule has 0 fully saturated rings. The van der Waals surface area contributed by atoms with Crippen LogP contribution in [0.1, 0.15) is 24.6 Å². The van der Waals surface area contributed by atoms with Crippen molar-refractivity contribution in [1.29, 1.82) is 0 Å². The highest BCUT2D eigenvalue weighted by molar-refractivity contribution is 7.99. The van der Waals surface area contributed by atoms with Crippen molar-refractivity contribution in [3.8, 4) is 5.69 Å². The number of aromatic nitrogens is 2. The lowest BCUT2D eigenvalue weighted by Gasteiger charge is -2.08. The molecule has 1 N–H and O–H groups in total. The van der Waals surface area contributed by atoms with Gasteiger partial charge in [-0.25, -0.2) is 4.68 Å². The quantitative estimate of drug-likeness (QED) is 0.829. The molecule has 0 aliphatic heterocycles. The molecule has 0 saturated heterocycles. The number of para-hydroxylation sites is 1. The average molecular weight is 290 g/mol. The van der Waals surface area contributed by atoms with E-state index in [-0.39, 0.29) is 5.75 Å². The van der Waals surface area contributed by atoms with E-state index in [0.29, 0.717) is 0 Å². The first-order valence-corrected chi connectivity index (χ1v) is 7.60. The predicted octanol–water partition coefficient (Wildman–Crippen LogP) is 3.31. The Labute approximate surface area is 122 Å². The van der Waals surface area contributed by atoms with Gasteiger partial charge in [-0.05, 0) is 31.0 Å². The van der Waals surface area contributed by atoms with E-state index < -0.39 is 5.97 Å². The summed E-state index contributed by atoms with van der Waals surface area (Å²) < 4.78 is 1.86. The van der Waals surface area contributed by atoms with Gasteiger partial charge in [0.2, 0.25) is 0 Å². The third-order valence-corrected chi connectivity index (χ3v) is 3.90. The molecule has 5 heteroatoms. The van der Waals surface area contributed by atoms with Crippen LogP contribution in [-0.4, -0.2) is 26.6 Å². The maximum atomic E-state index is 10.8. The van der Waals surface area contributed by atoms with E-state index in [1.807, 2.05) is 41.9 Å². The summed E-state index contributed by atoms with van der Waals surface area (Å²) in [6.45, 7) is 4.14. The molecule has 0 bridgehead atoms. The Hall–Kier alpha value is -1.75. The smallest absolute Gasteiger partial charge is 0.313 e. The van der Waals surface area contributed by atoms with E-state index in [4.69, 9.17) is 5.11 Å². The lowest BCUT2D eigenvalue weighted by molar-refractivity contribution is -0.133. The molecule has 0 radical (unpaired) electrons. The van der Waals surface area contributed by atoms with Crippen molar-refractivity contribution in [3.63, 3.8) is 0 Å². The molecule has 0 saturated carbocycles. The van der Waals surface area contributed by atoms with Crippen LogP contribution >= 0.6 is 11.8 Å². The maximum absolute atomic E-state index is 10.8. The summed E-state index contributed by atoms with van der Waals surface area (Å²) in [4.78, 5) is 10.8. The fourth-order valence-electron chi connectivity index (χ4n) is 2.00. The fourth-order valence-corrected chi connectivity index (χ4v) is 2.75. The number of aryl methyl sites for hydroxylation is 2. The number of benzene rings is 1. The predicted molar refractivity (Wildman–Crippen MR) is 80.7 cm³/mol. The van der Waals surface area contributed by atoms with Crippen molar-refractivity contribution in [2.24, 2.45) is 0 Å². The molecule has 0 unspecified atom stereocenters. The van der Waals surface area contributed by atoms with Gasteiger partial charge in [-0.15, -0.1) is 0 Å². The molecule has 2 aromatic rings. The first-order valence-electron chi connectivity index (χ1n) is 6.61. The van der Waals surface area contributed by atoms with Crippen molar-refractivity contribution in [2.45, 2.75) is 31.7 Å². The number of hydrogen-bond acceptors (Lipinski definition) is 3. The number of thioether (sulfide) groups is 1. The molecule has 20 heavy (non-hydrogen) atoms. The minimum absolute atomic E-state index is 0.0448. The zero-order valence-corrected chi connectivity index (χ0v) is 12.5. The number of carboxylic acid groups (broad SMARTS) is 1. The Morgan fingerprint density at radius 3 is 2.80 bits per heavy atom. The monoisotopic (exact) mass is 290 g/mol. The van der Waals surface area contributed by atoms with Crippen LogP contribution in [0.3, 0.4) is 0 Å². The van der Waals surface area contributed by atoms with Crippen LogP contribution in [-0.2, 0) is 11.2 Å². The molecule has 2 rings (SSSR count). The number of hydrogen-bond donors (Lipinski definition) is 1. The van der Waals surface area contributed by atoms with E-state index in [2.05, 4.69) is 12.0 Å². The summed E-state index contributed by atoms with van der Waals surface area (Å²) in [5.74, 6) is -0.770. The van der Waals surface area contributed by atoms with Gasteiger partial charge >= 0.3 is 5.97 Å². The molecule has 1 aromatic carbocycles. The zero-order chi connectivity index (χ0) is 14.5. The van der Waals surface area contributed by atoms with Gasteiger partial charge in [0.25, 0.3) is 0 Å². The number of carboxylic acids is 1. The average Bonchev–Trinajstić information content (AvgIpc) is 2.80. The summed E-state index contributed by atoms with van der Waals surface area (Å²) in [6.07, 6.45) is 1.92. The minimum atomic E-state index is -0.815. The van der Waals surface area contributed by atoms with Gasteiger partial charge < -0.3 is 5.11 Å². The Morgan fingerprint density at radius 1 is 1.40 bits per heavy atom. The highest BCUT2D eigenvalue weighted by Gasteiger charge is 2.12. The number of carbonyl (C=O) groups is 1. The first-order chi connectivity index (χ1) is 9.61. The highest BCUT2D eigenvalue weighted by Crippen LogP contribution is 2.25. The summed E-state index contributed by atoms with van der Waals surface area (Å²) in [5.41, 5.74) is 3.13. The Balaban J connectivity index is 2.39. The molecule has 0 atom stereocenters. The van der Waals surface area contributed by atoms with E-state index >= 15 is 0 Å². The second-order valence-corrected chi connectivity index (χ2v) is 5.60. The molecule has 0 amide bonds. The normalized spacial score (nSPS) is 10.7. The third kappa shape index (κ3) is 3.42. The van der Waals surface area contributed by atoms with E-state index in [1.54, 1.807) is 0 Å². The lowest BCUT2D eigenvalue weighted by Crippen LogP contribution is -2.03. The first kappa shape index (κ1) is 14.7. The third-order valence-electron chi connectivity index (χ3n) is 2.92. The summed E-state index contributed by atoms with van der Waals surface area (Å²) in [7, 11) is 0. The number of aliphatic carboxylic acids is 1. The Morgan fingerprint density at radius 2 is 2.15 bits per heavy atom. The molecule has 0 spiro atoms. The van der Waals surface area contributed by atoms with Gasteiger partial charge in [-0.2, -0.15) is 5.10 Å². The summed E-state index contributed by atoms with van der Waals surface area (Å²) in [6, 6.07) is 9.98. The second-order valence-electron chi connectivity index (χ2n) is 4.60. The molecule has 106 valence electrons. The van der Waals surface area contributed by atoms with Crippen molar-refractivity contribution in [1.82, 2.24) is 9.78 Å². The SMILES string of the molecule is CCCc1cc(SCC(=O)O)n(-c2ccccc2C)n1. The van der Waals surface area contributed by atoms with E-state index in [1.165, 1.54) is 11.8 Å². The van der Waals surface area contributed by atoms with Crippen LogP contribution in [0.2, 0.25) is 0 Å². The van der Waals surface area contributed by atoms with Gasteiger partial charge in [0.05, 0.1) is 17.1 Å². The van der Waals surface area contributed by atoms with Crippen LogP contribution in [0.15, 0.2) is 35.4 Å². The molecule has 1 heterocycles. The molecular formula is C15H18N2O2S.